The van der Waals surface area contributed by atoms with Gasteiger partial charge in [-0.25, -0.2) is 5.43 Å². The van der Waals surface area contributed by atoms with Crippen molar-refractivity contribution in [1.29, 1.82) is 0 Å². The number of fused-ring (bicyclic) bond motifs is 1. The van der Waals surface area contributed by atoms with Gasteiger partial charge in [0.05, 0.1) is 20.4 Å². The van der Waals surface area contributed by atoms with Crippen LogP contribution in [0.15, 0.2) is 77.5 Å². The molecule has 0 atom stereocenters. The van der Waals surface area contributed by atoms with Crippen molar-refractivity contribution in [2.24, 2.45) is 5.10 Å². The molecule has 0 spiro atoms. The topological polar surface area (TPSA) is 107 Å². The van der Waals surface area contributed by atoms with E-state index in [0.717, 1.165) is 0 Å². The van der Waals surface area contributed by atoms with E-state index in [1.54, 1.807) is 73.8 Å². The van der Waals surface area contributed by atoms with Crippen LogP contribution in [0.3, 0.4) is 0 Å². The summed E-state index contributed by atoms with van der Waals surface area (Å²) in [6.07, 6.45) is 2.97. The Morgan fingerprint density at radius 3 is 2.51 bits per heavy atom. The van der Waals surface area contributed by atoms with Crippen molar-refractivity contribution in [2.75, 3.05) is 21.0 Å². The van der Waals surface area contributed by atoms with Gasteiger partial charge in [0, 0.05) is 17.2 Å². The first-order valence-electron chi connectivity index (χ1n) is 10.6. The van der Waals surface area contributed by atoms with Crippen LogP contribution in [0.2, 0.25) is 0 Å². The highest BCUT2D eigenvalue weighted by atomic mass is 16.7. The number of benzene rings is 3. The summed E-state index contributed by atoms with van der Waals surface area (Å²) in [6.45, 7) is 0.129. The van der Waals surface area contributed by atoms with Crippen LogP contribution < -0.4 is 29.7 Å². The highest BCUT2D eigenvalue weighted by Crippen LogP contribution is 2.33. The average molecular weight is 473 g/mol. The number of nitrogens with one attached hydrogen (secondary N) is 2. The third kappa shape index (κ3) is 5.77. The van der Waals surface area contributed by atoms with Crippen LogP contribution in [0, 0.1) is 0 Å². The molecular weight excluding hydrogens is 450 g/mol. The number of hydrogen-bond donors (Lipinski definition) is 2. The van der Waals surface area contributed by atoms with Crippen molar-refractivity contribution in [3.05, 3.63) is 89.1 Å². The molecule has 0 fully saturated rings. The van der Waals surface area contributed by atoms with Crippen molar-refractivity contribution in [2.45, 2.75) is 0 Å². The van der Waals surface area contributed by atoms with E-state index < -0.39 is 11.8 Å². The van der Waals surface area contributed by atoms with E-state index in [2.05, 4.69) is 15.8 Å². The highest BCUT2D eigenvalue weighted by molar-refractivity contribution is 6.05. The zero-order chi connectivity index (χ0) is 24.6. The minimum absolute atomic E-state index is 0.00318. The SMILES string of the molecule is COc1ccc(/C=N\NC(=O)/C(=C\c2ccc3c(c2)OCO3)NC(=O)c2ccccc2)c(OC)c1. The monoisotopic (exact) mass is 473 g/mol. The second kappa shape index (κ2) is 10.9. The van der Waals surface area contributed by atoms with Gasteiger partial charge in [-0.2, -0.15) is 5.10 Å². The number of nitrogens with zero attached hydrogens (tertiary/aromatic N) is 1. The first kappa shape index (κ1) is 23.4. The van der Waals surface area contributed by atoms with Gasteiger partial charge in [-0.05, 0) is 48.0 Å². The molecule has 2 N–H and O–H groups in total. The lowest BCUT2D eigenvalue weighted by atomic mass is 10.1. The number of carbonyl (C=O) groups is 2. The minimum Gasteiger partial charge on any atom is -0.497 e. The summed E-state index contributed by atoms with van der Waals surface area (Å²) < 4.78 is 21.2. The summed E-state index contributed by atoms with van der Waals surface area (Å²) >= 11 is 0. The summed E-state index contributed by atoms with van der Waals surface area (Å²) in [6, 6.07) is 19.0. The third-order valence-electron chi connectivity index (χ3n) is 5.05. The van der Waals surface area contributed by atoms with Gasteiger partial charge in [-0.3, -0.25) is 9.59 Å². The molecule has 3 aromatic carbocycles. The number of hydrazone groups is 1. The zero-order valence-electron chi connectivity index (χ0n) is 19.1. The molecule has 1 aliphatic heterocycles. The molecule has 0 unspecified atom stereocenters. The van der Waals surface area contributed by atoms with E-state index in [9.17, 15) is 9.59 Å². The average Bonchev–Trinajstić information content (AvgIpc) is 3.36. The van der Waals surface area contributed by atoms with Crippen LogP contribution in [0.25, 0.3) is 6.08 Å². The lowest BCUT2D eigenvalue weighted by Gasteiger charge is -2.10. The molecule has 0 saturated heterocycles. The molecule has 0 aromatic heterocycles. The molecule has 0 radical (unpaired) electrons. The summed E-state index contributed by atoms with van der Waals surface area (Å²) in [5.41, 5.74) is 4.11. The number of rotatable bonds is 8. The number of methoxy groups -OCH3 is 2. The van der Waals surface area contributed by atoms with Crippen LogP contribution in [0.1, 0.15) is 21.5 Å². The van der Waals surface area contributed by atoms with E-state index in [4.69, 9.17) is 18.9 Å². The summed E-state index contributed by atoms with van der Waals surface area (Å²) in [5, 5.41) is 6.68. The van der Waals surface area contributed by atoms with Gasteiger partial charge in [-0.1, -0.05) is 24.3 Å². The van der Waals surface area contributed by atoms with Crippen LogP contribution in [-0.2, 0) is 4.79 Å². The Bertz CT molecular complexity index is 1290. The van der Waals surface area contributed by atoms with Crippen molar-refractivity contribution in [3.8, 4) is 23.0 Å². The van der Waals surface area contributed by atoms with Gasteiger partial charge >= 0.3 is 0 Å². The molecule has 9 heteroatoms. The standard InChI is InChI=1S/C26H23N3O6/c1-32-20-10-9-19(23(14-20)33-2)15-27-29-26(31)21(28-25(30)18-6-4-3-5-7-18)12-17-8-11-22-24(13-17)35-16-34-22/h3-15H,16H2,1-2H3,(H,28,30)(H,29,31)/b21-12+,27-15-. The van der Waals surface area contributed by atoms with E-state index in [1.165, 1.54) is 19.4 Å². The largest absolute Gasteiger partial charge is 0.497 e. The zero-order valence-corrected chi connectivity index (χ0v) is 19.1. The van der Waals surface area contributed by atoms with E-state index in [-0.39, 0.29) is 12.5 Å². The van der Waals surface area contributed by atoms with E-state index in [0.29, 0.717) is 39.7 Å². The Morgan fingerprint density at radius 1 is 0.943 bits per heavy atom. The Kier molecular flexibility index (Phi) is 7.27. The molecule has 4 rings (SSSR count). The van der Waals surface area contributed by atoms with E-state index >= 15 is 0 Å². The van der Waals surface area contributed by atoms with Crippen LogP contribution in [0.4, 0.5) is 0 Å². The molecular formula is C26H23N3O6. The smallest absolute Gasteiger partial charge is 0.287 e. The molecule has 0 saturated carbocycles. The molecule has 2 amide bonds. The fraction of sp³-hybridized carbons (Fsp3) is 0.115. The maximum absolute atomic E-state index is 13.0. The minimum atomic E-state index is -0.615. The molecule has 9 nitrogen and oxygen atoms in total. The van der Waals surface area contributed by atoms with E-state index in [1.807, 2.05) is 0 Å². The summed E-state index contributed by atoms with van der Waals surface area (Å²) in [7, 11) is 3.08. The highest BCUT2D eigenvalue weighted by Gasteiger charge is 2.17. The van der Waals surface area contributed by atoms with Crippen LogP contribution >= 0.6 is 0 Å². The number of hydrogen-bond acceptors (Lipinski definition) is 7. The molecule has 35 heavy (non-hydrogen) atoms. The quantitative estimate of drug-likeness (QED) is 0.295. The lowest BCUT2D eigenvalue weighted by molar-refractivity contribution is -0.117. The van der Waals surface area contributed by atoms with Gasteiger partial charge in [0.1, 0.15) is 17.2 Å². The van der Waals surface area contributed by atoms with Crippen LogP contribution in [-0.4, -0.2) is 39.0 Å². The molecule has 1 heterocycles. The Balaban J connectivity index is 1.56. The second-order valence-corrected chi connectivity index (χ2v) is 7.30. The second-order valence-electron chi connectivity index (χ2n) is 7.30. The fourth-order valence-corrected chi connectivity index (χ4v) is 3.26. The summed E-state index contributed by atoms with van der Waals surface area (Å²) in [4.78, 5) is 25.7. The Hall–Kier alpha value is -4.79. The predicted octanol–water partition coefficient (Wildman–Crippen LogP) is 3.35. The Morgan fingerprint density at radius 2 is 1.74 bits per heavy atom. The number of amides is 2. The van der Waals surface area contributed by atoms with Crippen LogP contribution in [0.5, 0.6) is 23.0 Å². The molecule has 0 aliphatic carbocycles. The Labute approximate surface area is 202 Å². The molecule has 1 aliphatic rings. The molecule has 0 bridgehead atoms. The number of carbonyl (C=O) groups excluding carboxylic acids is 2. The lowest BCUT2D eigenvalue weighted by Crippen LogP contribution is -2.32. The van der Waals surface area contributed by atoms with Crippen molar-refractivity contribution < 1.29 is 28.5 Å². The maximum atomic E-state index is 13.0. The predicted molar refractivity (Wildman–Crippen MR) is 130 cm³/mol. The van der Waals surface area contributed by atoms with Crippen molar-refractivity contribution >= 4 is 24.1 Å². The third-order valence-corrected chi connectivity index (χ3v) is 5.05. The molecule has 3 aromatic rings. The number of ether oxygens (including phenoxy) is 4. The van der Waals surface area contributed by atoms with Gasteiger partial charge in [0.2, 0.25) is 6.79 Å². The molecule has 178 valence electrons. The van der Waals surface area contributed by atoms with Gasteiger partial charge in [-0.15, -0.1) is 0 Å². The first-order chi connectivity index (χ1) is 17.1. The van der Waals surface area contributed by atoms with Crippen molar-refractivity contribution in [1.82, 2.24) is 10.7 Å². The fourth-order valence-electron chi connectivity index (χ4n) is 3.26. The normalized spacial score (nSPS) is 12.3. The van der Waals surface area contributed by atoms with Gasteiger partial charge in [0.25, 0.3) is 11.8 Å². The van der Waals surface area contributed by atoms with Gasteiger partial charge < -0.3 is 24.3 Å². The van der Waals surface area contributed by atoms with Crippen molar-refractivity contribution in [3.63, 3.8) is 0 Å². The first-order valence-corrected chi connectivity index (χ1v) is 10.6. The van der Waals surface area contributed by atoms with Gasteiger partial charge in [0.15, 0.2) is 11.5 Å². The maximum Gasteiger partial charge on any atom is 0.287 e. The summed E-state index contributed by atoms with van der Waals surface area (Å²) in [5.74, 6) is 1.26.